The zero-order valence-electron chi connectivity index (χ0n) is 11.8. The Kier molecular flexibility index (Phi) is 5.00. The van der Waals surface area contributed by atoms with Crippen LogP contribution in [0.3, 0.4) is 0 Å². The van der Waals surface area contributed by atoms with E-state index in [-0.39, 0.29) is 16.8 Å². The fraction of sp³-hybridized carbons (Fsp3) is 0.357. The summed E-state index contributed by atoms with van der Waals surface area (Å²) in [6, 6.07) is 4.70. The van der Waals surface area contributed by atoms with Gasteiger partial charge in [-0.15, -0.1) is 11.3 Å². The third-order valence-corrected chi connectivity index (χ3v) is 4.41. The molecular formula is C14H15ClF2N2OS. The number of nitrogens with one attached hydrogen (secondary N) is 1. The molecule has 21 heavy (non-hydrogen) atoms. The molecule has 2 aromatic rings. The van der Waals surface area contributed by atoms with Crippen molar-refractivity contribution >= 4 is 28.6 Å². The van der Waals surface area contributed by atoms with Gasteiger partial charge in [-0.25, -0.2) is 4.98 Å². The van der Waals surface area contributed by atoms with Crippen molar-refractivity contribution in [3.05, 3.63) is 38.8 Å². The lowest BCUT2D eigenvalue weighted by molar-refractivity contribution is -0.0497. The Morgan fingerprint density at radius 3 is 2.57 bits per heavy atom. The molecule has 1 heterocycles. The molecule has 1 aromatic heterocycles. The molecule has 0 aliphatic heterocycles. The second-order valence-corrected chi connectivity index (χ2v) is 6.21. The Bertz CT molecular complexity index is 633. The van der Waals surface area contributed by atoms with Crippen molar-refractivity contribution in [3.63, 3.8) is 0 Å². The van der Waals surface area contributed by atoms with Crippen LogP contribution in [0, 0.1) is 13.8 Å². The van der Waals surface area contributed by atoms with Gasteiger partial charge in [0, 0.05) is 10.6 Å². The molecule has 0 saturated carbocycles. The Balaban J connectivity index is 2.13. The van der Waals surface area contributed by atoms with Gasteiger partial charge < -0.3 is 10.1 Å². The lowest BCUT2D eigenvalue weighted by atomic mass is 10.2. The standard InChI is InChI=1S/C14H15ClF2N2OS/c1-7-13(21-9(3)18-7)8(2)19-10-4-5-12(11(15)6-10)20-14(16)17/h4-6,8,14,19H,1-3H3. The fourth-order valence-electron chi connectivity index (χ4n) is 2.05. The molecule has 3 nitrogen and oxygen atoms in total. The third-order valence-electron chi connectivity index (χ3n) is 2.86. The van der Waals surface area contributed by atoms with Crippen LogP contribution in [-0.4, -0.2) is 11.6 Å². The van der Waals surface area contributed by atoms with E-state index in [1.54, 1.807) is 23.5 Å². The number of benzene rings is 1. The topological polar surface area (TPSA) is 34.2 Å². The number of halogens is 3. The van der Waals surface area contributed by atoms with Gasteiger partial charge in [0.05, 0.1) is 21.8 Å². The van der Waals surface area contributed by atoms with Gasteiger partial charge in [0.25, 0.3) is 0 Å². The van der Waals surface area contributed by atoms with E-state index in [0.29, 0.717) is 0 Å². The summed E-state index contributed by atoms with van der Waals surface area (Å²) < 4.78 is 28.7. The SMILES string of the molecule is Cc1nc(C)c(C(C)Nc2ccc(OC(F)F)c(Cl)c2)s1. The van der Waals surface area contributed by atoms with Crippen molar-refractivity contribution < 1.29 is 13.5 Å². The first-order valence-corrected chi connectivity index (χ1v) is 7.51. The molecule has 0 bridgehead atoms. The maximum absolute atomic E-state index is 12.2. The van der Waals surface area contributed by atoms with Gasteiger partial charge >= 0.3 is 6.61 Å². The van der Waals surface area contributed by atoms with Gasteiger partial charge in [-0.2, -0.15) is 8.78 Å². The largest absolute Gasteiger partial charge is 0.433 e. The van der Waals surface area contributed by atoms with E-state index in [9.17, 15) is 8.78 Å². The summed E-state index contributed by atoms with van der Waals surface area (Å²) in [6.07, 6.45) is 0. The lowest BCUT2D eigenvalue weighted by Gasteiger charge is -2.15. The Morgan fingerprint density at radius 1 is 1.33 bits per heavy atom. The molecule has 2 rings (SSSR count). The number of alkyl halides is 2. The maximum Gasteiger partial charge on any atom is 0.387 e. The molecule has 7 heteroatoms. The van der Waals surface area contributed by atoms with Gasteiger partial charge in [-0.1, -0.05) is 11.6 Å². The maximum atomic E-state index is 12.2. The van der Waals surface area contributed by atoms with E-state index in [0.717, 1.165) is 21.3 Å². The van der Waals surface area contributed by atoms with Crippen molar-refractivity contribution in [1.29, 1.82) is 0 Å². The summed E-state index contributed by atoms with van der Waals surface area (Å²) >= 11 is 7.56. The number of thiazole rings is 1. The first-order chi connectivity index (χ1) is 9.86. The first-order valence-electron chi connectivity index (χ1n) is 6.31. The third kappa shape index (κ3) is 4.04. The summed E-state index contributed by atoms with van der Waals surface area (Å²) in [5.74, 6) is -0.0327. The van der Waals surface area contributed by atoms with Crippen LogP contribution in [-0.2, 0) is 0 Å². The summed E-state index contributed by atoms with van der Waals surface area (Å²) in [5.41, 5.74) is 1.72. The first kappa shape index (κ1) is 16.0. The van der Waals surface area contributed by atoms with Crippen LogP contribution >= 0.6 is 22.9 Å². The molecule has 0 aliphatic carbocycles. The van der Waals surface area contributed by atoms with E-state index < -0.39 is 6.61 Å². The molecule has 1 unspecified atom stereocenters. The predicted octanol–water partition coefficient (Wildman–Crippen LogP) is 5.19. The van der Waals surface area contributed by atoms with Crippen LogP contribution in [0.1, 0.15) is 28.5 Å². The van der Waals surface area contributed by atoms with E-state index in [4.69, 9.17) is 11.6 Å². The molecule has 1 atom stereocenters. The quantitative estimate of drug-likeness (QED) is 0.818. The van der Waals surface area contributed by atoms with Gasteiger partial charge in [0.1, 0.15) is 5.75 Å². The molecule has 0 fully saturated rings. The second kappa shape index (κ2) is 6.58. The van der Waals surface area contributed by atoms with E-state index in [1.807, 2.05) is 20.8 Å². The smallest absolute Gasteiger partial charge is 0.387 e. The number of ether oxygens (including phenoxy) is 1. The molecule has 1 aromatic carbocycles. The minimum Gasteiger partial charge on any atom is -0.433 e. The van der Waals surface area contributed by atoms with E-state index in [2.05, 4.69) is 15.0 Å². The monoisotopic (exact) mass is 332 g/mol. The Labute approximate surface area is 130 Å². The highest BCUT2D eigenvalue weighted by Crippen LogP contribution is 2.32. The van der Waals surface area contributed by atoms with Crippen LogP contribution in [0.2, 0.25) is 5.02 Å². The number of hydrogen-bond acceptors (Lipinski definition) is 4. The highest BCUT2D eigenvalue weighted by Gasteiger charge is 2.14. The molecule has 0 saturated heterocycles. The summed E-state index contributed by atoms with van der Waals surface area (Å²) in [6.45, 7) is 3.05. The zero-order valence-corrected chi connectivity index (χ0v) is 13.4. The van der Waals surface area contributed by atoms with Crippen LogP contribution in [0.5, 0.6) is 5.75 Å². The minimum absolute atomic E-state index is 0.0327. The molecule has 1 N–H and O–H groups in total. The fourth-order valence-corrected chi connectivity index (χ4v) is 3.20. The average molecular weight is 333 g/mol. The molecule has 114 valence electrons. The van der Waals surface area contributed by atoms with Crippen molar-refractivity contribution in [1.82, 2.24) is 4.98 Å². The number of rotatable bonds is 5. The number of aryl methyl sites for hydroxylation is 2. The van der Waals surface area contributed by atoms with Gasteiger partial charge in [0.15, 0.2) is 0 Å². The van der Waals surface area contributed by atoms with Crippen molar-refractivity contribution in [3.8, 4) is 5.75 Å². The Morgan fingerprint density at radius 2 is 2.05 bits per heavy atom. The van der Waals surface area contributed by atoms with Gasteiger partial charge in [-0.05, 0) is 39.0 Å². The van der Waals surface area contributed by atoms with Crippen molar-refractivity contribution in [2.45, 2.75) is 33.4 Å². The van der Waals surface area contributed by atoms with Crippen molar-refractivity contribution in [2.24, 2.45) is 0 Å². The molecule has 0 aliphatic rings. The molecule has 0 radical (unpaired) electrons. The van der Waals surface area contributed by atoms with E-state index in [1.165, 1.54) is 6.07 Å². The highest BCUT2D eigenvalue weighted by molar-refractivity contribution is 7.11. The summed E-state index contributed by atoms with van der Waals surface area (Å²) in [7, 11) is 0. The summed E-state index contributed by atoms with van der Waals surface area (Å²) in [4.78, 5) is 5.52. The number of hydrogen-bond donors (Lipinski definition) is 1. The number of aromatic nitrogens is 1. The average Bonchev–Trinajstić information content (AvgIpc) is 2.71. The van der Waals surface area contributed by atoms with E-state index >= 15 is 0 Å². The lowest BCUT2D eigenvalue weighted by Crippen LogP contribution is -2.07. The number of anilines is 1. The summed E-state index contributed by atoms with van der Waals surface area (Å²) in [5, 5.41) is 4.43. The van der Waals surface area contributed by atoms with Crippen LogP contribution in [0.15, 0.2) is 18.2 Å². The second-order valence-electron chi connectivity index (χ2n) is 4.57. The highest BCUT2D eigenvalue weighted by atomic mass is 35.5. The number of nitrogens with zero attached hydrogens (tertiary/aromatic N) is 1. The van der Waals surface area contributed by atoms with Gasteiger partial charge in [0.2, 0.25) is 0 Å². The Hall–Kier alpha value is -1.40. The molecule has 0 spiro atoms. The minimum atomic E-state index is -2.89. The predicted molar refractivity (Wildman–Crippen MR) is 81.7 cm³/mol. The van der Waals surface area contributed by atoms with Crippen LogP contribution in [0.4, 0.5) is 14.5 Å². The van der Waals surface area contributed by atoms with Crippen LogP contribution < -0.4 is 10.1 Å². The zero-order chi connectivity index (χ0) is 15.6. The molecular weight excluding hydrogens is 318 g/mol. The normalized spacial score (nSPS) is 12.5. The van der Waals surface area contributed by atoms with Gasteiger partial charge in [-0.3, -0.25) is 0 Å². The van der Waals surface area contributed by atoms with Crippen LogP contribution in [0.25, 0.3) is 0 Å². The van der Waals surface area contributed by atoms with Crippen molar-refractivity contribution in [2.75, 3.05) is 5.32 Å². The molecule has 0 amide bonds.